The number of carbonyl (C=O) groups excluding carboxylic acids is 1. The normalized spacial score (nSPS) is 11.4. The summed E-state index contributed by atoms with van der Waals surface area (Å²) in [6, 6.07) is 14.1. The molecule has 7 heteroatoms. The number of likely N-dealkylation sites (N-methyl/N-ethyl adjacent to an activating group) is 1. The molecule has 0 aliphatic carbocycles. The molecular formula is C23H29N3O2S2. The van der Waals surface area contributed by atoms with Crippen LogP contribution in [0.1, 0.15) is 19.4 Å². The molecule has 0 spiro atoms. The number of fused-ring (bicyclic) bond motifs is 1. The van der Waals surface area contributed by atoms with Gasteiger partial charge < -0.3 is 9.64 Å². The van der Waals surface area contributed by atoms with Crippen molar-refractivity contribution >= 4 is 44.4 Å². The van der Waals surface area contributed by atoms with E-state index >= 15 is 0 Å². The fourth-order valence-corrected chi connectivity index (χ4v) is 4.87. The van der Waals surface area contributed by atoms with Crippen LogP contribution in [0, 0.1) is 0 Å². The Labute approximate surface area is 187 Å². The highest BCUT2D eigenvalue weighted by atomic mass is 32.2. The number of rotatable bonds is 9. The van der Waals surface area contributed by atoms with E-state index in [0.29, 0.717) is 18.2 Å². The molecule has 1 aromatic heterocycles. The summed E-state index contributed by atoms with van der Waals surface area (Å²) in [4.78, 5) is 23.1. The van der Waals surface area contributed by atoms with Crippen molar-refractivity contribution in [3.63, 3.8) is 0 Å². The molecule has 3 aromatic rings. The number of hydrogen-bond donors (Lipinski definition) is 0. The second-order valence-corrected chi connectivity index (χ2v) is 10.3. The van der Waals surface area contributed by atoms with Gasteiger partial charge in [0.15, 0.2) is 5.13 Å². The van der Waals surface area contributed by atoms with Crippen LogP contribution in [-0.2, 0) is 11.2 Å². The number of ether oxygens (including phenoxy) is 1. The van der Waals surface area contributed by atoms with Crippen LogP contribution >= 0.6 is 23.1 Å². The van der Waals surface area contributed by atoms with Crippen molar-refractivity contribution in [3.05, 3.63) is 48.0 Å². The Bertz CT molecular complexity index is 984. The number of amides is 1. The first-order valence-electron chi connectivity index (χ1n) is 10.0. The van der Waals surface area contributed by atoms with Gasteiger partial charge in [0.05, 0.1) is 23.7 Å². The van der Waals surface area contributed by atoms with Crippen LogP contribution in [0.15, 0.2) is 47.4 Å². The second-order valence-electron chi connectivity index (χ2n) is 7.67. The molecule has 1 amide bonds. The maximum Gasteiger partial charge on any atom is 0.233 e. The molecule has 160 valence electrons. The Hall–Kier alpha value is -2.09. The molecule has 0 N–H and O–H groups in total. The van der Waals surface area contributed by atoms with Crippen molar-refractivity contribution in [1.29, 1.82) is 0 Å². The highest BCUT2D eigenvalue weighted by molar-refractivity contribution is 7.99. The van der Waals surface area contributed by atoms with Gasteiger partial charge in [0, 0.05) is 23.2 Å². The highest BCUT2D eigenvalue weighted by Crippen LogP contribution is 2.32. The van der Waals surface area contributed by atoms with Gasteiger partial charge in [-0.15, -0.1) is 11.8 Å². The number of benzene rings is 2. The summed E-state index contributed by atoms with van der Waals surface area (Å²) in [5.74, 6) is 0.857. The molecule has 0 aliphatic rings. The van der Waals surface area contributed by atoms with Gasteiger partial charge in [0.1, 0.15) is 5.75 Å². The van der Waals surface area contributed by atoms with E-state index in [-0.39, 0.29) is 5.91 Å². The van der Waals surface area contributed by atoms with Gasteiger partial charge in [-0.25, -0.2) is 4.98 Å². The van der Waals surface area contributed by atoms with Crippen molar-refractivity contribution in [2.45, 2.75) is 30.4 Å². The number of thiazole rings is 1. The smallest absolute Gasteiger partial charge is 0.233 e. The molecule has 0 bridgehead atoms. The monoisotopic (exact) mass is 443 g/mol. The number of aromatic nitrogens is 1. The van der Waals surface area contributed by atoms with Crippen molar-refractivity contribution in [1.82, 2.24) is 9.88 Å². The molecule has 0 atom stereocenters. The fourth-order valence-electron chi connectivity index (χ4n) is 2.99. The van der Waals surface area contributed by atoms with Crippen molar-refractivity contribution in [3.8, 4) is 5.75 Å². The predicted molar refractivity (Wildman–Crippen MR) is 128 cm³/mol. The van der Waals surface area contributed by atoms with E-state index in [9.17, 15) is 4.79 Å². The van der Waals surface area contributed by atoms with Crippen molar-refractivity contribution in [2.75, 3.05) is 39.2 Å². The first-order chi connectivity index (χ1) is 14.4. The molecule has 1 heterocycles. The molecule has 2 aromatic carbocycles. The average molecular weight is 444 g/mol. The molecule has 0 saturated heterocycles. The van der Waals surface area contributed by atoms with Crippen molar-refractivity contribution in [2.24, 2.45) is 0 Å². The Morgan fingerprint density at radius 3 is 2.50 bits per heavy atom. The van der Waals surface area contributed by atoms with Gasteiger partial charge in [0.25, 0.3) is 0 Å². The quantitative estimate of drug-likeness (QED) is 0.438. The second kappa shape index (κ2) is 10.3. The highest BCUT2D eigenvalue weighted by Gasteiger charge is 2.20. The molecule has 0 saturated carbocycles. The van der Waals surface area contributed by atoms with Crippen LogP contribution in [0.3, 0.4) is 0 Å². The molecule has 3 rings (SSSR count). The summed E-state index contributed by atoms with van der Waals surface area (Å²) >= 11 is 3.35. The third kappa shape index (κ3) is 5.97. The lowest BCUT2D eigenvalue weighted by atomic mass is 10.1. The van der Waals surface area contributed by atoms with E-state index in [1.807, 2.05) is 49.0 Å². The number of nitrogens with zero attached hydrogens (tertiary/aromatic N) is 3. The van der Waals surface area contributed by atoms with Gasteiger partial charge in [-0.3, -0.25) is 9.69 Å². The molecule has 0 unspecified atom stereocenters. The zero-order valence-electron chi connectivity index (χ0n) is 18.2. The van der Waals surface area contributed by atoms with Gasteiger partial charge in [0.2, 0.25) is 5.91 Å². The molecule has 30 heavy (non-hydrogen) atoms. The lowest BCUT2D eigenvalue weighted by molar-refractivity contribution is -0.118. The Morgan fingerprint density at radius 1 is 1.13 bits per heavy atom. The Kier molecular flexibility index (Phi) is 7.75. The van der Waals surface area contributed by atoms with E-state index in [1.54, 1.807) is 7.11 Å². The summed E-state index contributed by atoms with van der Waals surface area (Å²) in [5, 5.41) is 1.27. The number of carbonyl (C=O) groups is 1. The summed E-state index contributed by atoms with van der Waals surface area (Å²) in [6.45, 7) is 5.73. The number of hydrogen-bond acceptors (Lipinski definition) is 6. The number of methoxy groups -OCH3 is 1. The Morgan fingerprint density at radius 2 is 1.87 bits per heavy atom. The zero-order chi connectivity index (χ0) is 21.7. The van der Waals surface area contributed by atoms with E-state index in [1.165, 1.54) is 16.2 Å². The first kappa shape index (κ1) is 22.6. The summed E-state index contributed by atoms with van der Waals surface area (Å²) < 4.78 is 6.34. The van der Waals surface area contributed by atoms with E-state index in [0.717, 1.165) is 33.2 Å². The van der Waals surface area contributed by atoms with Crippen LogP contribution in [0.5, 0.6) is 5.75 Å². The molecule has 0 fully saturated rings. The molecule has 0 aliphatic heterocycles. The van der Waals surface area contributed by atoms with Crippen LogP contribution in [0.2, 0.25) is 0 Å². The maximum atomic E-state index is 13.2. The average Bonchev–Trinajstić information content (AvgIpc) is 3.11. The van der Waals surface area contributed by atoms with Gasteiger partial charge in [-0.05, 0) is 50.0 Å². The third-order valence-corrected chi connectivity index (χ3v) is 6.59. The first-order valence-corrected chi connectivity index (χ1v) is 11.7. The van der Waals surface area contributed by atoms with E-state index in [2.05, 4.69) is 43.0 Å². The molecular weight excluding hydrogens is 414 g/mol. The predicted octanol–water partition coefficient (Wildman–Crippen LogP) is 4.94. The Balaban J connectivity index is 1.81. The summed E-state index contributed by atoms with van der Waals surface area (Å²) in [7, 11) is 5.68. The lowest BCUT2D eigenvalue weighted by Crippen LogP contribution is -2.37. The SMILES string of the molecule is COc1ccc2nc(N(CCN(C)C)C(=O)Cc3ccc(SC(C)C)cc3)sc2c1. The standard InChI is InChI=1S/C23H29N3O2S2/c1-16(2)29-19-9-6-17(7-10-19)14-22(27)26(13-12-25(3)4)23-24-20-11-8-18(28-5)15-21(20)30-23/h6-11,15-16H,12-14H2,1-5H3. The minimum atomic E-state index is 0.0622. The largest absolute Gasteiger partial charge is 0.497 e. The number of thioether (sulfide) groups is 1. The zero-order valence-corrected chi connectivity index (χ0v) is 19.8. The van der Waals surface area contributed by atoms with Crippen LogP contribution < -0.4 is 9.64 Å². The lowest BCUT2D eigenvalue weighted by Gasteiger charge is -2.22. The summed E-state index contributed by atoms with van der Waals surface area (Å²) in [6.07, 6.45) is 0.360. The molecule has 5 nitrogen and oxygen atoms in total. The molecule has 0 radical (unpaired) electrons. The van der Waals surface area contributed by atoms with Crippen LogP contribution in [0.4, 0.5) is 5.13 Å². The number of anilines is 1. The van der Waals surface area contributed by atoms with Crippen LogP contribution in [0.25, 0.3) is 10.2 Å². The van der Waals surface area contributed by atoms with Gasteiger partial charge >= 0.3 is 0 Å². The van der Waals surface area contributed by atoms with Crippen molar-refractivity contribution < 1.29 is 9.53 Å². The van der Waals surface area contributed by atoms with Gasteiger partial charge in [-0.2, -0.15) is 0 Å². The van der Waals surface area contributed by atoms with Crippen LogP contribution in [-0.4, -0.2) is 55.3 Å². The van der Waals surface area contributed by atoms with E-state index < -0.39 is 0 Å². The minimum absolute atomic E-state index is 0.0622. The van der Waals surface area contributed by atoms with E-state index in [4.69, 9.17) is 9.72 Å². The maximum absolute atomic E-state index is 13.2. The summed E-state index contributed by atoms with van der Waals surface area (Å²) in [5.41, 5.74) is 1.90. The topological polar surface area (TPSA) is 45.7 Å². The fraction of sp³-hybridized carbons (Fsp3) is 0.391. The van der Waals surface area contributed by atoms with Gasteiger partial charge in [-0.1, -0.05) is 37.3 Å². The third-order valence-electron chi connectivity index (χ3n) is 4.54. The minimum Gasteiger partial charge on any atom is -0.497 e.